The number of anilines is 1. The van der Waals surface area contributed by atoms with Crippen molar-refractivity contribution in [1.29, 1.82) is 0 Å². The van der Waals surface area contributed by atoms with Crippen molar-refractivity contribution in [2.24, 2.45) is 7.05 Å². The van der Waals surface area contributed by atoms with Crippen LogP contribution in [0, 0.1) is 11.8 Å². The molecule has 0 unspecified atom stereocenters. The summed E-state index contributed by atoms with van der Waals surface area (Å²) in [5.74, 6) is 6.13. The van der Waals surface area contributed by atoms with Gasteiger partial charge in [-0.05, 0) is 37.5 Å². The van der Waals surface area contributed by atoms with Crippen LogP contribution in [0.25, 0.3) is 9.40 Å². The van der Waals surface area contributed by atoms with E-state index in [2.05, 4.69) is 22.3 Å². The highest BCUT2D eigenvalue weighted by Crippen LogP contribution is 2.53. The Morgan fingerprint density at radius 1 is 1.12 bits per heavy atom. The summed E-state index contributed by atoms with van der Waals surface area (Å²) in [4.78, 5) is 40.3. The Morgan fingerprint density at radius 3 is 2.52 bits per heavy atom. The molecule has 9 nitrogen and oxygen atoms in total. The molecule has 3 heterocycles. The smallest absolute Gasteiger partial charge is 0.413 e. The third kappa shape index (κ3) is 5.73. The lowest BCUT2D eigenvalue weighted by Gasteiger charge is -2.14. The van der Waals surface area contributed by atoms with Crippen molar-refractivity contribution in [3.8, 4) is 11.8 Å². The Kier molecular flexibility index (Phi) is 7.65. The summed E-state index contributed by atoms with van der Waals surface area (Å²) in [6.07, 6.45) is 2.02. The summed E-state index contributed by atoms with van der Waals surface area (Å²) in [5, 5.41) is 6.99. The SMILES string of the molecule is C[C@@H](OC(=O)Nc1c(C#Cc2cc3sc(C4(C(=O)OCC(=O)N(C)C)CC4)cc3s2)cnn1C)c1ccccc1. The van der Waals surface area contributed by atoms with E-state index < -0.39 is 17.6 Å². The number of amides is 2. The highest BCUT2D eigenvalue weighted by molar-refractivity contribution is 7.28. The number of fused-ring (bicyclic) bond motifs is 1. The van der Waals surface area contributed by atoms with Gasteiger partial charge in [0.25, 0.3) is 5.91 Å². The third-order valence-electron chi connectivity index (χ3n) is 6.68. The standard InChI is InChI=1S/C29H28N4O5S2/c1-18(19-8-6-5-7-9-19)38-28(36)31-26-20(16-30-33(26)4)10-11-21-14-22-23(39-21)15-24(40-22)29(12-13-29)27(35)37-17-25(34)32(2)3/h5-9,14-16,18H,12-13,17H2,1-4H3,(H,31,36)/t18-/m1/s1. The van der Waals surface area contributed by atoms with Gasteiger partial charge >= 0.3 is 12.1 Å². The molecule has 0 spiro atoms. The lowest BCUT2D eigenvalue weighted by atomic mass is 10.1. The molecule has 4 aromatic rings. The second kappa shape index (κ2) is 11.2. The minimum Gasteiger partial charge on any atom is -0.455 e. The van der Waals surface area contributed by atoms with Crippen LogP contribution in [0.2, 0.25) is 0 Å². The van der Waals surface area contributed by atoms with Gasteiger partial charge in [0.15, 0.2) is 6.61 Å². The van der Waals surface area contributed by atoms with E-state index in [1.165, 1.54) is 20.9 Å². The number of nitrogens with one attached hydrogen (secondary N) is 1. The highest BCUT2D eigenvalue weighted by Gasteiger charge is 2.54. The van der Waals surface area contributed by atoms with Crippen LogP contribution >= 0.6 is 22.7 Å². The summed E-state index contributed by atoms with van der Waals surface area (Å²) in [6.45, 7) is 1.56. The van der Waals surface area contributed by atoms with E-state index in [1.54, 1.807) is 38.7 Å². The maximum Gasteiger partial charge on any atom is 0.413 e. The molecular weight excluding hydrogens is 548 g/mol. The second-order valence-electron chi connectivity index (χ2n) is 9.76. The summed E-state index contributed by atoms with van der Waals surface area (Å²) in [5.41, 5.74) is 0.814. The van der Waals surface area contributed by atoms with Crippen molar-refractivity contribution in [3.05, 3.63) is 69.5 Å². The number of thiophene rings is 2. The molecule has 0 saturated heterocycles. The van der Waals surface area contributed by atoms with Gasteiger partial charge in [-0.25, -0.2) is 4.79 Å². The van der Waals surface area contributed by atoms with E-state index >= 15 is 0 Å². The summed E-state index contributed by atoms with van der Waals surface area (Å²) >= 11 is 3.09. The Balaban J connectivity index is 1.26. The Bertz CT molecular complexity index is 1610. The molecule has 11 heteroatoms. The van der Waals surface area contributed by atoms with Crippen LogP contribution in [0.1, 0.15) is 46.8 Å². The van der Waals surface area contributed by atoms with E-state index in [0.29, 0.717) is 24.2 Å². The molecule has 1 saturated carbocycles. The van der Waals surface area contributed by atoms with Crippen molar-refractivity contribution in [2.45, 2.75) is 31.3 Å². The van der Waals surface area contributed by atoms with Crippen molar-refractivity contribution in [3.63, 3.8) is 0 Å². The van der Waals surface area contributed by atoms with Crippen molar-refractivity contribution >= 4 is 55.9 Å². The minimum atomic E-state index is -0.648. The summed E-state index contributed by atoms with van der Waals surface area (Å²) in [6, 6.07) is 13.5. The predicted octanol–water partition coefficient (Wildman–Crippen LogP) is 5.07. The monoisotopic (exact) mass is 576 g/mol. The fraction of sp³-hybridized carbons (Fsp3) is 0.310. The molecule has 3 aromatic heterocycles. The van der Waals surface area contributed by atoms with Gasteiger partial charge in [-0.15, -0.1) is 22.7 Å². The van der Waals surface area contributed by atoms with Crippen molar-refractivity contribution in [1.82, 2.24) is 14.7 Å². The first kappa shape index (κ1) is 27.4. The van der Waals surface area contributed by atoms with Crippen molar-refractivity contribution < 1.29 is 23.9 Å². The van der Waals surface area contributed by atoms with E-state index in [-0.39, 0.29) is 18.5 Å². The number of carbonyl (C=O) groups is 3. The summed E-state index contributed by atoms with van der Waals surface area (Å²) < 4.78 is 14.5. The predicted molar refractivity (Wildman–Crippen MR) is 154 cm³/mol. The van der Waals surface area contributed by atoms with Crippen LogP contribution in [0.4, 0.5) is 10.6 Å². The van der Waals surface area contributed by atoms with Gasteiger partial charge in [0.05, 0.1) is 16.6 Å². The van der Waals surface area contributed by atoms with E-state index in [9.17, 15) is 14.4 Å². The molecule has 5 rings (SSSR count). The second-order valence-corrected chi connectivity index (χ2v) is 11.9. The van der Waals surface area contributed by atoms with Gasteiger partial charge in [-0.1, -0.05) is 42.2 Å². The fourth-order valence-corrected chi connectivity index (χ4v) is 6.57. The van der Waals surface area contributed by atoms with Crippen LogP contribution in [0.3, 0.4) is 0 Å². The van der Waals surface area contributed by atoms with Crippen molar-refractivity contribution in [2.75, 3.05) is 26.0 Å². The zero-order chi connectivity index (χ0) is 28.4. The van der Waals surface area contributed by atoms with Gasteiger partial charge in [-0.3, -0.25) is 19.6 Å². The first-order chi connectivity index (χ1) is 19.2. The quantitative estimate of drug-likeness (QED) is 0.244. The largest absolute Gasteiger partial charge is 0.455 e. The van der Waals surface area contributed by atoms with Crippen LogP contribution in [-0.4, -0.2) is 53.4 Å². The summed E-state index contributed by atoms with van der Waals surface area (Å²) in [7, 11) is 4.98. The zero-order valence-corrected chi connectivity index (χ0v) is 24.1. The van der Waals surface area contributed by atoms with Gasteiger partial charge in [0.1, 0.15) is 17.3 Å². The Morgan fingerprint density at radius 2 is 1.85 bits per heavy atom. The number of rotatable bonds is 7. The zero-order valence-electron chi connectivity index (χ0n) is 22.5. The molecule has 1 aromatic carbocycles. The number of benzene rings is 1. The number of aryl methyl sites for hydroxylation is 1. The number of aromatic nitrogens is 2. The molecule has 2 amide bonds. The van der Waals surface area contributed by atoms with Gasteiger partial charge in [0, 0.05) is 35.4 Å². The minimum absolute atomic E-state index is 0.245. The number of nitrogens with zero attached hydrogens (tertiary/aromatic N) is 3. The number of hydrogen-bond acceptors (Lipinski definition) is 8. The van der Waals surface area contributed by atoms with Gasteiger partial charge in [-0.2, -0.15) is 5.10 Å². The Hall–Kier alpha value is -4.14. The third-order valence-corrected chi connectivity index (χ3v) is 9.09. The number of hydrogen-bond donors (Lipinski definition) is 1. The molecule has 0 radical (unpaired) electrons. The molecule has 1 fully saturated rings. The van der Waals surface area contributed by atoms with E-state index in [1.807, 2.05) is 49.4 Å². The molecular formula is C29H28N4O5S2. The maximum absolute atomic E-state index is 12.8. The molecule has 1 atom stereocenters. The first-order valence-corrected chi connectivity index (χ1v) is 14.3. The topological polar surface area (TPSA) is 103 Å². The highest BCUT2D eigenvalue weighted by atomic mass is 32.1. The number of carbonyl (C=O) groups excluding carboxylic acids is 3. The molecule has 1 aliphatic rings. The van der Waals surface area contributed by atoms with Gasteiger partial charge in [0.2, 0.25) is 0 Å². The van der Waals surface area contributed by atoms with Gasteiger partial charge < -0.3 is 14.4 Å². The molecule has 0 bridgehead atoms. The van der Waals surface area contributed by atoms with Crippen LogP contribution in [0.15, 0.2) is 48.7 Å². The molecule has 0 aliphatic heterocycles. The molecule has 40 heavy (non-hydrogen) atoms. The molecule has 1 N–H and O–H groups in total. The average molecular weight is 577 g/mol. The van der Waals surface area contributed by atoms with Crippen LogP contribution < -0.4 is 5.32 Å². The first-order valence-electron chi connectivity index (χ1n) is 12.6. The van der Waals surface area contributed by atoms with Crippen LogP contribution in [0.5, 0.6) is 0 Å². The van der Waals surface area contributed by atoms with E-state index in [4.69, 9.17) is 9.47 Å². The van der Waals surface area contributed by atoms with E-state index in [0.717, 1.165) is 24.7 Å². The fourth-order valence-electron chi connectivity index (χ4n) is 4.09. The van der Waals surface area contributed by atoms with Crippen LogP contribution in [-0.2, 0) is 31.5 Å². The molecule has 206 valence electrons. The molecule has 1 aliphatic carbocycles. The number of ether oxygens (including phenoxy) is 2. The maximum atomic E-state index is 12.8. The Labute approximate surface area is 239 Å². The normalized spacial score (nSPS) is 14.1. The number of likely N-dealkylation sites (N-methyl/N-ethyl adjacent to an activating group) is 1. The lowest BCUT2D eigenvalue weighted by Crippen LogP contribution is -2.30. The average Bonchev–Trinajstić information content (AvgIpc) is 3.36. The number of esters is 1. The lowest BCUT2D eigenvalue weighted by molar-refractivity contribution is -0.153.